The second-order valence-corrected chi connectivity index (χ2v) is 6.85. The van der Waals surface area contributed by atoms with Crippen molar-refractivity contribution in [1.82, 2.24) is 14.9 Å². The number of amides is 1. The van der Waals surface area contributed by atoms with Crippen LogP contribution >= 0.6 is 0 Å². The lowest BCUT2D eigenvalue weighted by atomic mass is 10.2. The van der Waals surface area contributed by atoms with Crippen molar-refractivity contribution in [1.29, 1.82) is 0 Å². The minimum atomic E-state index is -0.924. The van der Waals surface area contributed by atoms with Gasteiger partial charge in [0.1, 0.15) is 30.8 Å². The summed E-state index contributed by atoms with van der Waals surface area (Å²) in [5.74, 6) is 1.79. The summed E-state index contributed by atoms with van der Waals surface area (Å²) in [6.45, 7) is 1.63. The van der Waals surface area contributed by atoms with Gasteiger partial charge in [-0.3, -0.25) is 14.2 Å². The number of fused-ring (bicyclic) bond motifs is 2. The van der Waals surface area contributed by atoms with Crippen LogP contribution in [0.25, 0.3) is 10.9 Å². The summed E-state index contributed by atoms with van der Waals surface area (Å²) in [5.41, 5.74) is 0.313. The Morgan fingerprint density at radius 2 is 2.07 bits per heavy atom. The van der Waals surface area contributed by atoms with E-state index in [9.17, 15) is 14.7 Å². The van der Waals surface area contributed by atoms with Gasteiger partial charge in [0.2, 0.25) is 12.7 Å². The van der Waals surface area contributed by atoms with Crippen LogP contribution < -0.4 is 25.1 Å². The molecule has 4 rings (SSSR count). The molecule has 0 aliphatic carbocycles. The Labute approximate surface area is 171 Å². The summed E-state index contributed by atoms with van der Waals surface area (Å²) in [6, 6.07) is 12.1. The fraction of sp³-hybridized carbons (Fsp3) is 0.286. The molecule has 0 fully saturated rings. The van der Waals surface area contributed by atoms with Crippen molar-refractivity contribution in [3.05, 3.63) is 58.6 Å². The van der Waals surface area contributed by atoms with Crippen molar-refractivity contribution >= 4 is 16.8 Å². The maximum Gasteiger partial charge on any atom is 0.261 e. The van der Waals surface area contributed by atoms with Crippen molar-refractivity contribution < 1.29 is 24.1 Å². The van der Waals surface area contributed by atoms with E-state index in [1.807, 2.05) is 0 Å². The van der Waals surface area contributed by atoms with Crippen LogP contribution in [0.3, 0.4) is 0 Å². The molecule has 2 aromatic carbocycles. The highest BCUT2D eigenvalue weighted by atomic mass is 16.7. The molecule has 1 unspecified atom stereocenters. The Balaban J connectivity index is 1.30. The maximum absolute atomic E-state index is 12.6. The van der Waals surface area contributed by atoms with Gasteiger partial charge >= 0.3 is 0 Å². The zero-order valence-electron chi connectivity index (χ0n) is 16.3. The number of nitrogens with zero attached hydrogens (tertiary/aromatic N) is 2. The molecule has 1 atom stereocenters. The molecule has 9 nitrogen and oxygen atoms in total. The molecular formula is C21H21N3O6. The number of aliphatic hydroxyl groups is 1. The Morgan fingerprint density at radius 1 is 1.27 bits per heavy atom. The number of aliphatic hydroxyl groups excluding tert-OH is 1. The molecule has 1 aliphatic heterocycles. The average Bonchev–Trinajstić information content (AvgIpc) is 3.21. The molecule has 30 heavy (non-hydrogen) atoms. The van der Waals surface area contributed by atoms with Gasteiger partial charge in [-0.15, -0.1) is 0 Å². The van der Waals surface area contributed by atoms with Crippen LogP contribution in [0.15, 0.2) is 47.3 Å². The van der Waals surface area contributed by atoms with Gasteiger partial charge in [0, 0.05) is 12.6 Å². The zero-order chi connectivity index (χ0) is 21.1. The van der Waals surface area contributed by atoms with Gasteiger partial charge in [0.05, 0.1) is 10.9 Å². The number of rotatable bonds is 7. The fourth-order valence-electron chi connectivity index (χ4n) is 3.11. The van der Waals surface area contributed by atoms with Gasteiger partial charge in [0.25, 0.3) is 5.56 Å². The Morgan fingerprint density at radius 3 is 2.93 bits per heavy atom. The second kappa shape index (κ2) is 8.42. The van der Waals surface area contributed by atoms with E-state index in [-0.39, 0.29) is 32.0 Å². The van der Waals surface area contributed by atoms with E-state index in [4.69, 9.17) is 14.2 Å². The molecule has 2 N–H and O–H groups in total. The van der Waals surface area contributed by atoms with E-state index in [1.54, 1.807) is 49.4 Å². The molecule has 3 aromatic rings. The van der Waals surface area contributed by atoms with Crippen molar-refractivity contribution in [2.24, 2.45) is 0 Å². The summed E-state index contributed by atoms with van der Waals surface area (Å²) in [6.07, 6.45) is -0.924. The lowest BCUT2D eigenvalue weighted by Crippen LogP contribution is -2.39. The lowest BCUT2D eigenvalue weighted by molar-refractivity contribution is -0.122. The van der Waals surface area contributed by atoms with E-state index < -0.39 is 12.0 Å². The predicted molar refractivity (Wildman–Crippen MR) is 108 cm³/mol. The first-order valence-corrected chi connectivity index (χ1v) is 9.44. The second-order valence-electron chi connectivity index (χ2n) is 6.85. The topological polar surface area (TPSA) is 112 Å². The van der Waals surface area contributed by atoms with E-state index in [2.05, 4.69) is 10.3 Å². The number of aryl methyl sites for hydroxylation is 1. The van der Waals surface area contributed by atoms with Crippen LogP contribution in [0.2, 0.25) is 0 Å². The summed E-state index contributed by atoms with van der Waals surface area (Å²) >= 11 is 0. The summed E-state index contributed by atoms with van der Waals surface area (Å²) in [5, 5.41) is 13.2. The van der Waals surface area contributed by atoms with E-state index in [0.29, 0.717) is 34.0 Å². The van der Waals surface area contributed by atoms with E-state index in [1.165, 1.54) is 4.57 Å². The molecule has 0 spiro atoms. The van der Waals surface area contributed by atoms with Gasteiger partial charge in [-0.25, -0.2) is 4.98 Å². The number of aromatic nitrogens is 2. The highest BCUT2D eigenvalue weighted by Crippen LogP contribution is 2.35. The Kier molecular flexibility index (Phi) is 5.53. The van der Waals surface area contributed by atoms with Crippen molar-refractivity contribution in [3.8, 4) is 17.2 Å². The summed E-state index contributed by atoms with van der Waals surface area (Å²) in [4.78, 5) is 29.3. The molecule has 0 radical (unpaired) electrons. The van der Waals surface area contributed by atoms with Crippen molar-refractivity contribution in [2.75, 3.05) is 19.9 Å². The Hall–Kier alpha value is -3.59. The molecule has 2 heterocycles. The number of hydrogen-bond acceptors (Lipinski definition) is 7. The number of hydrogen-bond donors (Lipinski definition) is 2. The highest BCUT2D eigenvalue weighted by molar-refractivity contribution is 5.79. The maximum atomic E-state index is 12.6. The fourth-order valence-corrected chi connectivity index (χ4v) is 3.11. The highest BCUT2D eigenvalue weighted by Gasteiger charge is 2.15. The number of carbonyl (C=O) groups is 1. The number of para-hydroxylation sites is 1. The Bertz CT molecular complexity index is 1140. The van der Waals surface area contributed by atoms with Crippen LogP contribution in [0.4, 0.5) is 0 Å². The number of nitrogens with one attached hydrogen (secondary N) is 1. The molecule has 0 saturated carbocycles. The van der Waals surface area contributed by atoms with Crippen molar-refractivity contribution in [3.63, 3.8) is 0 Å². The molecular weight excluding hydrogens is 390 g/mol. The third-order valence-electron chi connectivity index (χ3n) is 4.68. The van der Waals surface area contributed by atoms with Crippen LogP contribution in [0.1, 0.15) is 5.82 Å². The first kappa shape index (κ1) is 19.7. The molecule has 9 heteroatoms. The third-order valence-corrected chi connectivity index (χ3v) is 4.68. The van der Waals surface area contributed by atoms with Crippen molar-refractivity contribution in [2.45, 2.75) is 19.6 Å². The molecule has 0 saturated heterocycles. The normalized spacial score (nSPS) is 13.3. The van der Waals surface area contributed by atoms with Gasteiger partial charge in [-0.1, -0.05) is 12.1 Å². The number of carbonyl (C=O) groups excluding carboxylic acids is 1. The minimum Gasteiger partial charge on any atom is -0.491 e. The SMILES string of the molecule is Cc1nc2ccccc2c(=O)n1CC(=O)NCC(O)COc1ccc2c(c1)OCO2. The van der Waals surface area contributed by atoms with Crippen LogP contribution in [0.5, 0.6) is 17.2 Å². The summed E-state index contributed by atoms with van der Waals surface area (Å²) in [7, 11) is 0. The molecule has 1 amide bonds. The smallest absolute Gasteiger partial charge is 0.261 e. The number of ether oxygens (including phenoxy) is 3. The van der Waals surface area contributed by atoms with E-state index >= 15 is 0 Å². The largest absolute Gasteiger partial charge is 0.491 e. The van der Waals surface area contributed by atoms with Crippen LogP contribution in [0, 0.1) is 6.92 Å². The van der Waals surface area contributed by atoms with Gasteiger partial charge in [-0.2, -0.15) is 0 Å². The minimum absolute atomic E-state index is 0.0157. The number of benzene rings is 2. The van der Waals surface area contributed by atoms with Crippen LogP contribution in [-0.2, 0) is 11.3 Å². The molecule has 156 valence electrons. The van der Waals surface area contributed by atoms with Gasteiger partial charge in [-0.05, 0) is 31.2 Å². The standard InChI is InChI=1S/C21H21N3O6/c1-13-23-17-5-3-2-4-16(17)21(27)24(13)10-20(26)22-9-14(25)11-28-15-6-7-18-19(8-15)30-12-29-18/h2-8,14,25H,9-12H2,1H3,(H,22,26). The molecule has 1 aromatic heterocycles. The van der Waals surface area contributed by atoms with E-state index in [0.717, 1.165) is 0 Å². The third kappa shape index (κ3) is 4.20. The molecule has 0 bridgehead atoms. The van der Waals surface area contributed by atoms with Crippen LogP contribution in [-0.4, -0.2) is 46.6 Å². The summed E-state index contributed by atoms with van der Waals surface area (Å²) < 4.78 is 17.3. The zero-order valence-corrected chi connectivity index (χ0v) is 16.3. The first-order chi connectivity index (χ1) is 14.5. The molecule has 1 aliphatic rings. The van der Waals surface area contributed by atoms with Gasteiger partial charge in [0.15, 0.2) is 11.5 Å². The lowest BCUT2D eigenvalue weighted by Gasteiger charge is -2.15. The monoisotopic (exact) mass is 411 g/mol. The van der Waals surface area contributed by atoms with Gasteiger partial charge < -0.3 is 24.6 Å². The predicted octanol–water partition coefficient (Wildman–Crippen LogP) is 0.990. The average molecular weight is 411 g/mol. The quantitative estimate of drug-likeness (QED) is 0.596. The first-order valence-electron chi connectivity index (χ1n) is 9.44.